The maximum atomic E-state index is 13.3. The molecule has 1 saturated heterocycles. The van der Waals surface area contributed by atoms with E-state index < -0.39 is 12.0 Å². The summed E-state index contributed by atoms with van der Waals surface area (Å²) in [6.45, 7) is 7.46. The number of amides is 1. The molecule has 1 atom stereocenters. The van der Waals surface area contributed by atoms with E-state index in [0.29, 0.717) is 19.0 Å². The van der Waals surface area contributed by atoms with E-state index in [1.54, 1.807) is 11.3 Å². The maximum Gasteiger partial charge on any atom is 0.451 e. The van der Waals surface area contributed by atoms with Gasteiger partial charge < -0.3 is 19.1 Å². The Morgan fingerprint density at radius 1 is 1.22 bits per heavy atom. The molecular formula is C24H30F3N7O2S. The van der Waals surface area contributed by atoms with E-state index in [1.165, 1.54) is 0 Å². The summed E-state index contributed by atoms with van der Waals surface area (Å²) in [4.78, 5) is 27.7. The normalized spacial score (nSPS) is 18.2. The summed E-state index contributed by atoms with van der Waals surface area (Å²) < 4.78 is 47.1. The first-order valence-corrected chi connectivity index (χ1v) is 13.4. The fraction of sp³-hybridized carbons (Fsp3) is 0.625. The van der Waals surface area contributed by atoms with Crippen molar-refractivity contribution in [3.05, 3.63) is 22.6 Å². The Morgan fingerprint density at radius 2 is 2.03 bits per heavy atom. The number of aromatic nitrogens is 5. The van der Waals surface area contributed by atoms with Gasteiger partial charge >= 0.3 is 12.2 Å². The molecule has 0 aliphatic carbocycles. The topological polar surface area (TPSA) is 89.3 Å². The van der Waals surface area contributed by atoms with Gasteiger partial charge in [0.1, 0.15) is 17.3 Å². The second-order valence-corrected chi connectivity index (χ2v) is 10.9. The summed E-state index contributed by atoms with van der Waals surface area (Å²) in [7, 11) is 0. The Hall–Kier alpha value is -2.96. The van der Waals surface area contributed by atoms with Gasteiger partial charge in [-0.25, -0.2) is 0 Å². The monoisotopic (exact) mass is 537 g/mol. The van der Waals surface area contributed by atoms with Crippen molar-refractivity contribution in [2.75, 3.05) is 24.6 Å². The lowest BCUT2D eigenvalue weighted by Crippen LogP contribution is -2.41. The first-order valence-electron chi connectivity index (χ1n) is 12.6. The number of alkyl halides is 3. The van der Waals surface area contributed by atoms with Gasteiger partial charge in [0.2, 0.25) is 11.7 Å². The van der Waals surface area contributed by atoms with Crippen LogP contribution in [0.1, 0.15) is 56.6 Å². The first kappa shape index (κ1) is 25.7. The second kappa shape index (κ2) is 10.1. The largest absolute Gasteiger partial charge is 0.461 e. The number of carbonyl (C=O) groups is 1. The third kappa shape index (κ3) is 5.10. The zero-order chi connectivity index (χ0) is 26.3. The van der Waals surface area contributed by atoms with Crippen LogP contribution in [0.2, 0.25) is 0 Å². The third-order valence-electron chi connectivity index (χ3n) is 6.76. The van der Waals surface area contributed by atoms with Crippen LogP contribution in [0.15, 0.2) is 6.07 Å². The highest BCUT2D eigenvalue weighted by Crippen LogP contribution is 2.36. The summed E-state index contributed by atoms with van der Waals surface area (Å²) in [6.07, 6.45) is -0.889. The van der Waals surface area contributed by atoms with E-state index >= 15 is 0 Å². The zero-order valence-corrected chi connectivity index (χ0v) is 21.9. The Balaban J connectivity index is 1.42. The van der Waals surface area contributed by atoms with Crippen molar-refractivity contribution < 1.29 is 22.7 Å². The van der Waals surface area contributed by atoms with E-state index in [1.807, 2.05) is 23.6 Å². The number of likely N-dealkylation sites (tertiary alicyclic amines) is 1. The van der Waals surface area contributed by atoms with Gasteiger partial charge in [0.15, 0.2) is 5.82 Å². The standard InChI is InChI=1S/C24H30F3N7O2S/c1-4-6-16-11-17-19(32-9-10-34-18(12-32)30-31-22(34)24(25,26)27)28-23(29-20(17)37-16)36-13-15-7-5-8-33(15)21(35)14(2)3/h11,14-15H,4-10,12-13H2,1-3H3/t15-/m1/s1. The van der Waals surface area contributed by atoms with Gasteiger partial charge in [-0.15, -0.1) is 21.5 Å². The van der Waals surface area contributed by atoms with Crippen molar-refractivity contribution in [3.63, 3.8) is 0 Å². The average Bonchev–Trinajstić information content (AvgIpc) is 3.58. The van der Waals surface area contributed by atoms with Crippen LogP contribution in [0.25, 0.3) is 10.2 Å². The van der Waals surface area contributed by atoms with Gasteiger partial charge in [-0.2, -0.15) is 23.1 Å². The van der Waals surface area contributed by atoms with Crippen LogP contribution in [-0.4, -0.2) is 61.3 Å². The summed E-state index contributed by atoms with van der Waals surface area (Å²) >= 11 is 1.57. The van der Waals surface area contributed by atoms with Crippen LogP contribution in [0.3, 0.4) is 0 Å². The summed E-state index contributed by atoms with van der Waals surface area (Å²) in [5.74, 6) is -0.0893. The van der Waals surface area contributed by atoms with Crippen LogP contribution in [0.4, 0.5) is 19.0 Å². The molecule has 3 aromatic rings. The van der Waals surface area contributed by atoms with Crippen LogP contribution in [0, 0.1) is 5.92 Å². The van der Waals surface area contributed by atoms with Gasteiger partial charge in [-0.05, 0) is 25.3 Å². The molecule has 9 nitrogen and oxygen atoms in total. The molecule has 13 heteroatoms. The lowest BCUT2D eigenvalue weighted by atomic mass is 10.1. The minimum Gasteiger partial charge on any atom is -0.461 e. The summed E-state index contributed by atoms with van der Waals surface area (Å²) in [5.41, 5.74) is 0. The van der Waals surface area contributed by atoms with Crippen LogP contribution in [0.5, 0.6) is 6.01 Å². The quantitative estimate of drug-likeness (QED) is 0.444. The highest BCUT2D eigenvalue weighted by molar-refractivity contribution is 7.18. The molecule has 5 rings (SSSR count). The Labute approximate surface area is 216 Å². The third-order valence-corrected chi connectivity index (χ3v) is 7.85. The fourth-order valence-corrected chi connectivity index (χ4v) is 6.08. The van der Waals surface area contributed by atoms with E-state index in [2.05, 4.69) is 28.2 Å². The molecule has 2 aliphatic heterocycles. The first-order chi connectivity index (χ1) is 17.7. The molecule has 37 heavy (non-hydrogen) atoms. The molecule has 0 saturated carbocycles. The summed E-state index contributed by atoms with van der Waals surface area (Å²) in [5, 5.41) is 8.04. The molecule has 1 amide bonds. The van der Waals surface area contributed by atoms with Crippen molar-refractivity contribution >= 4 is 33.3 Å². The molecule has 0 aromatic carbocycles. The van der Waals surface area contributed by atoms with Gasteiger partial charge in [0.25, 0.3) is 0 Å². The van der Waals surface area contributed by atoms with Crippen LogP contribution in [-0.2, 0) is 30.5 Å². The number of carbonyl (C=O) groups excluding carboxylic acids is 1. The zero-order valence-electron chi connectivity index (χ0n) is 21.1. The molecule has 3 aromatic heterocycles. The number of hydrogen-bond donors (Lipinski definition) is 0. The van der Waals surface area contributed by atoms with E-state index in [0.717, 1.165) is 51.9 Å². The highest BCUT2D eigenvalue weighted by atomic mass is 32.1. The predicted molar refractivity (Wildman–Crippen MR) is 133 cm³/mol. The summed E-state index contributed by atoms with van der Waals surface area (Å²) in [6, 6.07) is 2.23. The maximum absolute atomic E-state index is 13.3. The van der Waals surface area contributed by atoms with Gasteiger partial charge in [-0.3, -0.25) is 4.79 Å². The molecule has 0 N–H and O–H groups in total. The fourth-order valence-electron chi connectivity index (χ4n) is 4.96. The van der Waals surface area contributed by atoms with Crippen molar-refractivity contribution in [3.8, 4) is 6.01 Å². The molecule has 2 aliphatic rings. The lowest BCUT2D eigenvalue weighted by molar-refractivity contribution is -0.147. The molecule has 1 fully saturated rings. The van der Waals surface area contributed by atoms with Crippen LogP contribution >= 0.6 is 11.3 Å². The number of anilines is 1. The molecular weight excluding hydrogens is 507 g/mol. The molecule has 0 bridgehead atoms. The van der Waals surface area contributed by atoms with Crippen molar-refractivity contribution in [1.29, 1.82) is 0 Å². The number of halogens is 3. The number of nitrogens with zero attached hydrogens (tertiary/aromatic N) is 7. The van der Waals surface area contributed by atoms with Crippen LogP contribution < -0.4 is 9.64 Å². The second-order valence-electron chi connectivity index (χ2n) is 9.82. The number of rotatable bonds is 7. The smallest absolute Gasteiger partial charge is 0.451 e. The lowest BCUT2D eigenvalue weighted by Gasteiger charge is -2.29. The Morgan fingerprint density at radius 3 is 2.76 bits per heavy atom. The minimum absolute atomic E-state index is 0.0361. The van der Waals surface area contributed by atoms with Crippen molar-refractivity contribution in [2.24, 2.45) is 5.92 Å². The highest BCUT2D eigenvalue weighted by Gasteiger charge is 2.40. The number of aryl methyl sites for hydroxylation is 1. The number of hydrogen-bond acceptors (Lipinski definition) is 8. The minimum atomic E-state index is -4.55. The van der Waals surface area contributed by atoms with Crippen molar-refractivity contribution in [2.45, 2.75) is 71.8 Å². The number of thiophene rings is 1. The SMILES string of the molecule is CCCc1cc2c(N3CCn4c(nnc4C(F)(F)F)C3)nc(OC[C@H]3CCCN3C(=O)C(C)C)nc2s1. The van der Waals surface area contributed by atoms with Gasteiger partial charge in [-0.1, -0.05) is 27.2 Å². The molecule has 0 unspecified atom stereocenters. The molecule has 0 spiro atoms. The van der Waals surface area contributed by atoms with Gasteiger partial charge in [0, 0.05) is 30.4 Å². The average molecular weight is 538 g/mol. The Kier molecular flexibility index (Phi) is 6.99. The molecule has 200 valence electrons. The van der Waals surface area contributed by atoms with E-state index in [9.17, 15) is 18.0 Å². The number of ether oxygens (including phenoxy) is 1. The molecule has 5 heterocycles. The van der Waals surface area contributed by atoms with E-state index in [4.69, 9.17) is 9.72 Å². The Bertz CT molecular complexity index is 1290. The van der Waals surface area contributed by atoms with E-state index in [-0.39, 0.29) is 42.8 Å². The van der Waals surface area contributed by atoms with Gasteiger partial charge in [0.05, 0.1) is 18.0 Å². The number of fused-ring (bicyclic) bond motifs is 2. The predicted octanol–water partition coefficient (Wildman–Crippen LogP) is 4.30. The van der Waals surface area contributed by atoms with Crippen molar-refractivity contribution in [1.82, 2.24) is 29.6 Å². The molecule has 0 radical (unpaired) electrons.